The van der Waals surface area contributed by atoms with Gasteiger partial charge in [0, 0.05) is 12.3 Å². The molecule has 3 unspecified atom stereocenters. The van der Waals surface area contributed by atoms with Crippen molar-refractivity contribution in [3.8, 4) is 0 Å². The van der Waals surface area contributed by atoms with Crippen molar-refractivity contribution in [3.05, 3.63) is 12.7 Å². The molecule has 0 heterocycles. The summed E-state index contributed by atoms with van der Waals surface area (Å²) in [4.78, 5) is 12.0. The molecule has 1 nitrogen and oxygen atoms in total. The smallest absolute Gasteiger partial charge is 0.136 e. The van der Waals surface area contributed by atoms with Crippen molar-refractivity contribution in [1.82, 2.24) is 0 Å². The molecule has 0 bridgehead atoms. The van der Waals surface area contributed by atoms with Crippen molar-refractivity contribution < 1.29 is 4.79 Å². The van der Waals surface area contributed by atoms with Gasteiger partial charge in [0.25, 0.3) is 0 Å². The first-order valence-electron chi connectivity index (χ1n) is 6.95. The maximum atomic E-state index is 12.0. The number of Topliss-reactive ketones (excluding diaryl/α,β-unsaturated/α-hetero) is 1. The van der Waals surface area contributed by atoms with E-state index in [-0.39, 0.29) is 0 Å². The Morgan fingerprint density at radius 2 is 1.88 bits per heavy atom. The average Bonchev–Trinajstić information content (AvgIpc) is 2.35. The van der Waals surface area contributed by atoms with Gasteiger partial charge < -0.3 is 0 Å². The lowest BCUT2D eigenvalue weighted by molar-refractivity contribution is -0.125. The molecule has 0 saturated heterocycles. The van der Waals surface area contributed by atoms with Gasteiger partial charge in [-0.15, -0.1) is 6.58 Å². The lowest BCUT2D eigenvalue weighted by Gasteiger charge is -2.38. The Balaban J connectivity index is 1.84. The number of ketones is 1. The lowest BCUT2D eigenvalue weighted by Crippen LogP contribution is -2.31. The van der Waals surface area contributed by atoms with Gasteiger partial charge in [-0.1, -0.05) is 31.8 Å². The van der Waals surface area contributed by atoms with Crippen LogP contribution in [0.25, 0.3) is 0 Å². The van der Waals surface area contributed by atoms with Crippen molar-refractivity contribution in [2.24, 2.45) is 17.8 Å². The van der Waals surface area contributed by atoms with Gasteiger partial charge in [-0.05, 0) is 37.5 Å². The Morgan fingerprint density at radius 1 is 1.12 bits per heavy atom. The quantitative estimate of drug-likeness (QED) is 0.651. The average molecular weight is 220 g/mol. The minimum absolute atomic E-state index is 0.388. The highest BCUT2D eigenvalue weighted by molar-refractivity contribution is 5.81. The molecule has 90 valence electrons. The molecule has 3 atom stereocenters. The van der Waals surface area contributed by atoms with Crippen LogP contribution in [0.1, 0.15) is 57.8 Å². The minimum Gasteiger partial charge on any atom is -0.299 e. The summed E-state index contributed by atoms with van der Waals surface area (Å²) >= 11 is 0. The molecule has 2 aliphatic carbocycles. The topological polar surface area (TPSA) is 17.1 Å². The Morgan fingerprint density at radius 3 is 2.62 bits per heavy atom. The summed E-state index contributed by atoms with van der Waals surface area (Å²) in [5.41, 5.74) is 0. The predicted molar refractivity (Wildman–Crippen MR) is 67.2 cm³/mol. The zero-order valence-corrected chi connectivity index (χ0v) is 10.3. The largest absolute Gasteiger partial charge is 0.299 e. The van der Waals surface area contributed by atoms with E-state index in [0.717, 1.165) is 31.1 Å². The fourth-order valence-electron chi connectivity index (χ4n) is 3.61. The highest BCUT2D eigenvalue weighted by atomic mass is 16.1. The molecule has 0 N–H and O–H groups in total. The van der Waals surface area contributed by atoms with Crippen LogP contribution in [0.2, 0.25) is 0 Å². The van der Waals surface area contributed by atoms with E-state index in [0.29, 0.717) is 11.7 Å². The summed E-state index contributed by atoms with van der Waals surface area (Å²) in [5.74, 6) is 2.72. The highest BCUT2D eigenvalue weighted by Gasteiger charge is 2.34. The molecule has 0 aromatic carbocycles. The van der Waals surface area contributed by atoms with E-state index in [9.17, 15) is 4.79 Å². The molecule has 2 saturated carbocycles. The van der Waals surface area contributed by atoms with Crippen molar-refractivity contribution in [1.29, 1.82) is 0 Å². The van der Waals surface area contributed by atoms with Crippen LogP contribution in [0, 0.1) is 17.8 Å². The van der Waals surface area contributed by atoms with Crippen molar-refractivity contribution in [2.75, 3.05) is 0 Å². The van der Waals surface area contributed by atoms with Gasteiger partial charge in [-0.25, -0.2) is 0 Å². The Kier molecular flexibility index (Phi) is 4.20. The molecule has 0 amide bonds. The van der Waals surface area contributed by atoms with E-state index < -0.39 is 0 Å². The van der Waals surface area contributed by atoms with Gasteiger partial charge in [0.1, 0.15) is 5.78 Å². The van der Waals surface area contributed by atoms with E-state index in [1.54, 1.807) is 0 Å². The summed E-state index contributed by atoms with van der Waals surface area (Å²) in [6.45, 7) is 3.69. The minimum atomic E-state index is 0.388. The molecule has 2 rings (SSSR count). The molecule has 0 aromatic heterocycles. The van der Waals surface area contributed by atoms with E-state index in [1.165, 1.54) is 38.5 Å². The van der Waals surface area contributed by atoms with Crippen LogP contribution in [-0.2, 0) is 4.79 Å². The number of rotatable bonds is 4. The third-order valence-electron chi connectivity index (χ3n) is 4.59. The summed E-state index contributed by atoms with van der Waals surface area (Å²) in [7, 11) is 0. The van der Waals surface area contributed by atoms with Gasteiger partial charge in [-0.2, -0.15) is 0 Å². The Bertz CT molecular complexity index is 256. The molecule has 0 radical (unpaired) electrons. The Labute approximate surface area is 99.3 Å². The standard InChI is InChI=1S/C15H24O/c1-2-3-8-15(16)14-10-9-12-6-4-5-7-13(12)11-14/h2,12-14H,1,3-11H2. The van der Waals surface area contributed by atoms with Crippen LogP contribution in [0.15, 0.2) is 12.7 Å². The van der Waals surface area contributed by atoms with E-state index >= 15 is 0 Å². The van der Waals surface area contributed by atoms with Crippen molar-refractivity contribution in [3.63, 3.8) is 0 Å². The van der Waals surface area contributed by atoms with E-state index in [1.807, 2.05) is 6.08 Å². The molecule has 0 spiro atoms. The second kappa shape index (κ2) is 5.65. The number of hydrogen-bond donors (Lipinski definition) is 0. The predicted octanol–water partition coefficient (Wildman–Crippen LogP) is 4.13. The first-order valence-corrected chi connectivity index (χ1v) is 6.95. The fourth-order valence-corrected chi connectivity index (χ4v) is 3.61. The number of hydrogen-bond acceptors (Lipinski definition) is 1. The molecule has 2 fully saturated rings. The molecular weight excluding hydrogens is 196 g/mol. The molecule has 1 heteroatoms. The SMILES string of the molecule is C=CCCC(=O)C1CCC2CCCCC2C1. The van der Waals surface area contributed by atoms with Gasteiger partial charge in [0.2, 0.25) is 0 Å². The van der Waals surface area contributed by atoms with Crippen LogP contribution in [0.4, 0.5) is 0 Å². The third-order valence-corrected chi connectivity index (χ3v) is 4.59. The molecule has 16 heavy (non-hydrogen) atoms. The van der Waals surface area contributed by atoms with Crippen molar-refractivity contribution >= 4 is 5.78 Å². The van der Waals surface area contributed by atoms with Crippen LogP contribution in [0.3, 0.4) is 0 Å². The van der Waals surface area contributed by atoms with Crippen molar-refractivity contribution in [2.45, 2.75) is 57.8 Å². The number of carbonyl (C=O) groups is 1. The maximum absolute atomic E-state index is 12.0. The number of carbonyl (C=O) groups excluding carboxylic acids is 1. The van der Waals surface area contributed by atoms with E-state index in [4.69, 9.17) is 0 Å². The monoisotopic (exact) mass is 220 g/mol. The first-order chi connectivity index (χ1) is 7.81. The highest BCUT2D eigenvalue weighted by Crippen LogP contribution is 2.43. The molecular formula is C15H24O. The summed E-state index contributed by atoms with van der Waals surface area (Å²) in [6.07, 6.45) is 12.8. The maximum Gasteiger partial charge on any atom is 0.136 e. The normalized spacial score (nSPS) is 34.1. The molecule has 2 aliphatic rings. The lowest BCUT2D eigenvalue weighted by atomic mass is 9.66. The van der Waals surface area contributed by atoms with Gasteiger partial charge in [0.05, 0.1) is 0 Å². The Hall–Kier alpha value is -0.590. The van der Waals surface area contributed by atoms with Gasteiger partial charge in [-0.3, -0.25) is 4.79 Å². The summed E-state index contributed by atoms with van der Waals surface area (Å²) in [6, 6.07) is 0. The van der Waals surface area contributed by atoms with Gasteiger partial charge >= 0.3 is 0 Å². The zero-order valence-electron chi connectivity index (χ0n) is 10.3. The fraction of sp³-hybridized carbons (Fsp3) is 0.800. The van der Waals surface area contributed by atoms with E-state index in [2.05, 4.69) is 6.58 Å². The third kappa shape index (κ3) is 2.75. The van der Waals surface area contributed by atoms with Gasteiger partial charge in [0.15, 0.2) is 0 Å². The molecule has 0 aromatic rings. The summed E-state index contributed by atoms with van der Waals surface area (Å²) in [5, 5.41) is 0. The summed E-state index contributed by atoms with van der Waals surface area (Å²) < 4.78 is 0. The number of fused-ring (bicyclic) bond motifs is 1. The van der Waals surface area contributed by atoms with Crippen LogP contribution < -0.4 is 0 Å². The molecule has 0 aliphatic heterocycles. The second-order valence-corrected chi connectivity index (χ2v) is 5.61. The van der Waals surface area contributed by atoms with Crippen LogP contribution in [-0.4, -0.2) is 5.78 Å². The zero-order chi connectivity index (χ0) is 11.4. The first kappa shape index (κ1) is 11.9. The number of allylic oxidation sites excluding steroid dienone is 1. The van der Waals surface area contributed by atoms with Crippen LogP contribution in [0.5, 0.6) is 0 Å². The second-order valence-electron chi connectivity index (χ2n) is 5.61. The van der Waals surface area contributed by atoms with Crippen LogP contribution >= 0.6 is 0 Å².